The molecule has 5 aromatic rings. The highest BCUT2D eigenvalue weighted by Gasteiger charge is 2.14. The molecule has 5 heteroatoms. The molecule has 0 atom stereocenters. The van der Waals surface area contributed by atoms with E-state index in [-0.39, 0.29) is 11.7 Å². The Bertz CT molecular complexity index is 1520. The quantitative estimate of drug-likeness (QED) is 0.278. The Hall–Kier alpha value is -4.51. The molecule has 0 aliphatic carbocycles. The first kappa shape index (κ1) is 20.4. The van der Waals surface area contributed by atoms with Crippen molar-refractivity contribution in [3.63, 3.8) is 0 Å². The Morgan fingerprint density at radius 2 is 1.64 bits per heavy atom. The number of hydrogen-bond donors (Lipinski definition) is 2. The van der Waals surface area contributed by atoms with Crippen LogP contribution in [0, 0.1) is 6.92 Å². The average Bonchev–Trinajstić information content (AvgIpc) is 2.85. The SMILES string of the molecule is Cc1ccc(-c2cc(C(=O)NN=Cc3c(O)ccc4ccccc34)c3ccccc3n2)cc1. The van der Waals surface area contributed by atoms with Gasteiger partial charge >= 0.3 is 0 Å². The molecule has 1 amide bonds. The number of hydrazone groups is 1. The molecule has 0 aliphatic heterocycles. The van der Waals surface area contributed by atoms with E-state index < -0.39 is 0 Å². The number of para-hydroxylation sites is 1. The number of hydrogen-bond acceptors (Lipinski definition) is 4. The number of fused-ring (bicyclic) bond motifs is 2. The molecule has 0 bridgehead atoms. The van der Waals surface area contributed by atoms with Gasteiger partial charge in [-0.3, -0.25) is 4.79 Å². The first-order valence-electron chi connectivity index (χ1n) is 10.6. The highest BCUT2D eigenvalue weighted by atomic mass is 16.3. The molecule has 1 heterocycles. The minimum Gasteiger partial charge on any atom is -0.507 e. The standard InChI is InChI=1S/C28H21N3O2/c1-18-10-12-20(13-11-18)26-16-23(22-8-4-5-9-25(22)30-26)28(33)31-29-17-24-21-7-3-2-6-19(21)14-15-27(24)32/h2-17,32H,1H3,(H,31,33). The fraction of sp³-hybridized carbons (Fsp3) is 0.0357. The molecule has 33 heavy (non-hydrogen) atoms. The molecule has 0 aliphatic rings. The molecule has 1 aromatic heterocycles. The van der Waals surface area contributed by atoms with Gasteiger partial charge in [0, 0.05) is 16.5 Å². The fourth-order valence-corrected chi connectivity index (χ4v) is 3.87. The topological polar surface area (TPSA) is 74.6 Å². The number of nitrogens with one attached hydrogen (secondary N) is 1. The van der Waals surface area contributed by atoms with Crippen molar-refractivity contribution in [3.8, 4) is 17.0 Å². The van der Waals surface area contributed by atoms with Crippen molar-refractivity contribution >= 4 is 33.8 Å². The lowest BCUT2D eigenvalue weighted by Crippen LogP contribution is -2.18. The van der Waals surface area contributed by atoms with Crippen LogP contribution in [0.3, 0.4) is 0 Å². The summed E-state index contributed by atoms with van der Waals surface area (Å²) in [5.74, 6) is -0.249. The van der Waals surface area contributed by atoms with Crippen LogP contribution in [0.15, 0.2) is 96.1 Å². The Balaban J connectivity index is 1.50. The summed E-state index contributed by atoms with van der Waals surface area (Å²) in [4.78, 5) is 17.9. The second-order valence-electron chi connectivity index (χ2n) is 7.86. The number of rotatable bonds is 4. The van der Waals surface area contributed by atoms with Gasteiger partial charge in [0.25, 0.3) is 5.91 Å². The zero-order valence-corrected chi connectivity index (χ0v) is 18.0. The molecule has 0 fully saturated rings. The molecular weight excluding hydrogens is 410 g/mol. The van der Waals surface area contributed by atoms with E-state index in [4.69, 9.17) is 4.98 Å². The Kier molecular flexibility index (Phi) is 5.29. The summed E-state index contributed by atoms with van der Waals surface area (Å²) in [5.41, 5.74) is 7.18. The number of carbonyl (C=O) groups excluding carboxylic acids is 1. The molecule has 2 N–H and O–H groups in total. The van der Waals surface area contributed by atoms with E-state index in [1.54, 1.807) is 12.1 Å². The number of phenols is 1. The maximum absolute atomic E-state index is 13.1. The summed E-state index contributed by atoms with van der Waals surface area (Å²) in [7, 11) is 0. The van der Waals surface area contributed by atoms with E-state index in [2.05, 4.69) is 10.5 Å². The van der Waals surface area contributed by atoms with E-state index in [1.807, 2.05) is 85.8 Å². The second-order valence-corrected chi connectivity index (χ2v) is 7.86. The number of aromatic hydroxyl groups is 1. The fourth-order valence-electron chi connectivity index (χ4n) is 3.87. The van der Waals surface area contributed by atoms with Gasteiger partial charge in [-0.15, -0.1) is 0 Å². The number of aromatic nitrogens is 1. The van der Waals surface area contributed by atoms with Crippen LogP contribution < -0.4 is 5.43 Å². The van der Waals surface area contributed by atoms with Gasteiger partial charge in [0.05, 0.1) is 23.0 Å². The lowest BCUT2D eigenvalue weighted by Gasteiger charge is -2.09. The van der Waals surface area contributed by atoms with E-state index in [0.29, 0.717) is 11.1 Å². The van der Waals surface area contributed by atoms with E-state index in [0.717, 1.165) is 38.5 Å². The van der Waals surface area contributed by atoms with Gasteiger partial charge < -0.3 is 5.11 Å². The number of aryl methyl sites for hydroxylation is 1. The predicted molar refractivity (Wildman–Crippen MR) is 133 cm³/mol. The third-order valence-corrected chi connectivity index (χ3v) is 5.62. The largest absolute Gasteiger partial charge is 0.507 e. The van der Waals surface area contributed by atoms with Crippen molar-refractivity contribution in [3.05, 3.63) is 108 Å². The highest BCUT2D eigenvalue weighted by Crippen LogP contribution is 2.26. The molecule has 5 nitrogen and oxygen atoms in total. The van der Waals surface area contributed by atoms with E-state index >= 15 is 0 Å². The van der Waals surface area contributed by atoms with Gasteiger partial charge in [-0.2, -0.15) is 5.10 Å². The van der Waals surface area contributed by atoms with Crippen LogP contribution >= 0.6 is 0 Å². The zero-order valence-electron chi connectivity index (χ0n) is 18.0. The zero-order chi connectivity index (χ0) is 22.8. The van der Waals surface area contributed by atoms with E-state index in [1.165, 1.54) is 6.21 Å². The first-order valence-corrected chi connectivity index (χ1v) is 10.6. The number of amides is 1. The second kappa shape index (κ2) is 8.55. The van der Waals surface area contributed by atoms with Crippen molar-refractivity contribution in [2.75, 3.05) is 0 Å². The van der Waals surface area contributed by atoms with Crippen LogP contribution in [-0.4, -0.2) is 22.2 Å². The third-order valence-electron chi connectivity index (χ3n) is 5.62. The van der Waals surface area contributed by atoms with Crippen LogP contribution in [0.5, 0.6) is 5.75 Å². The van der Waals surface area contributed by atoms with Crippen molar-refractivity contribution < 1.29 is 9.90 Å². The summed E-state index contributed by atoms with van der Waals surface area (Å²) >= 11 is 0. The van der Waals surface area contributed by atoms with Crippen LogP contribution in [0.4, 0.5) is 0 Å². The van der Waals surface area contributed by atoms with Crippen molar-refractivity contribution in [1.82, 2.24) is 10.4 Å². The minimum atomic E-state index is -0.349. The Morgan fingerprint density at radius 1 is 0.909 bits per heavy atom. The highest BCUT2D eigenvalue weighted by molar-refractivity contribution is 6.08. The smallest absolute Gasteiger partial charge is 0.272 e. The van der Waals surface area contributed by atoms with Crippen LogP contribution in [-0.2, 0) is 0 Å². The average molecular weight is 431 g/mol. The molecule has 0 spiro atoms. The molecule has 0 saturated heterocycles. The van der Waals surface area contributed by atoms with Crippen LogP contribution in [0.1, 0.15) is 21.5 Å². The lowest BCUT2D eigenvalue weighted by molar-refractivity contribution is 0.0956. The predicted octanol–water partition coefficient (Wildman–Crippen LogP) is 5.83. The summed E-state index contributed by atoms with van der Waals surface area (Å²) < 4.78 is 0. The number of carbonyl (C=O) groups is 1. The summed E-state index contributed by atoms with van der Waals surface area (Å²) in [6, 6.07) is 28.5. The van der Waals surface area contributed by atoms with Crippen LogP contribution in [0.2, 0.25) is 0 Å². The first-order chi connectivity index (χ1) is 16.1. The maximum atomic E-state index is 13.1. The minimum absolute atomic E-state index is 0.0997. The van der Waals surface area contributed by atoms with Gasteiger partial charge in [0.1, 0.15) is 5.75 Å². The molecule has 0 unspecified atom stereocenters. The van der Waals surface area contributed by atoms with Crippen molar-refractivity contribution in [2.24, 2.45) is 5.10 Å². The maximum Gasteiger partial charge on any atom is 0.272 e. The summed E-state index contributed by atoms with van der Waals surface area (Å²) in [6.45, 7) is 2.03. The van der Waals surface area contributed by atoms with Gasteiger partial charge in [-0.05, 0) is 35.9 Å². The van der Waals surface area contributed by atoms with Crippen LogP contribution in [0.25, 0.3) is 32.9 Å². The van der Waals surface area contributed by atoms with Gasteiger partial charge in [-0.1, -0.05) is 78.4 Å². The van der Waals surface area contributed by atoms with Crippen molar-refractivity contribution in [2.45, 2.75) is 6.92 Å². The number of benzene rings is 4. The normalized spacial score (nSPS) is 11.3. The summed E-state index contributed by atoms with van der Waals surface area (Å²) in [5, 5.41) is 17.0. The Morgan fingerprint density at radius 3 is 2.45 bits per heavy atom. The Labute approximate surface area is 191 Å². The molecule has 5 rings (SSSR count). The van der Waals surface area contributed by atoms with Gasteiger partial charge in [0.2, 0.25) is 0 Å². The number of nitrogens with zero attached hydrogens (tertiary/aromatic N) is 2. The lowest BCUT2D eigenvalue weighted by atomic mass is 10.0. The molecule has 0 saturated carbocycles. The molecule has 160 valence electrons. The molecule has 4 aromatic carbocycles. The number of pyridine rings is 1. The van der Waals surface area contributed by atoms with Gasteiger partial charge in [0.15, 0.2) is 0 Å². The molecule has 0 radical (unpaired) electrons. The third kappa shape index (κ3) is 4.04. The molecular formula is C28H21N3O2. The summed E-state index contributed by atoms with van der Waals surface area (Å²) in [6.07, 6.45) is 1.47. The van der Waals surface area contributed by atoms with Gasteiger partial charge in [-0.25, -0.2) is 10.4 Å². The number of phenolic OH excluding ortho intramolecular Hbond substituents is 1. The van der Waals surface area contributed by atoms with E-state index in [9.17, 15) is 9.90 Å². The van der Waals surface area contributed by atoms with Crippen molar-refractivity contribution in [1.29, 1.82) is 0 Å². The monoisotopic (exact) mass is 431 g/mol.